The number of fused-ring (bicyclic) bond motifs is 3. The van der Waals surface area contributed by atoms with Crippen molar-refractivity contribution in [2.45, 2.75) is 51.9 Å². The summed E-state index contributed by atoms with van der Waals surface area (Å²) in [5.74, 6) is 1.83. The molecule has 1 aromatic rings. The second kappa shape index (κ2) is 4.23. The molecular weight excluding hydrogens is 228 g/mol. The maximum Gasteiger partial charge on any atom is -0.00762 e. The van der Waals surface area contributed by atoms with Gasteiger partial charge in [-0.3, -0.25) is 0 Å². The van der Waals surface area contributed by atoms with E-state index in [-0.39, 0.29) is 0 Å². The largest absolute Gasteiger partial charge is 0.0622 e. The van der Waals surface area contributed by atoms with Gasteiger partial charge < -0.3 is 0 Å². The van der Waals surface area contributed by atoms with Crippen LogP contribution in [0.3, 0.4) is 0 Å². The molecule has 2 fully saturated rings. The van der Waals surface area contributed by atoms with Crippen LogP contribution in [-0.2, 0) is 0 Å². The van der Waals surface area contributed by atoms with Crippen LogP contribution in [0.4, 0.5) is 0 Å². The summed E-state index contributed by atoms with van der Waals surface area (Å²) in [5, 5.41) is 0. The third kappa shape index (κ3) is 1.58. The fourth-order valence-electron chi connectivity index (χ4n) is 5.38. The van der Waals surface area contributed by atoms with Crippen LogP contribution in [0.5, 0.6) is 0 Å². The van der Waals surface area contributed by atoms with Crippen molar-refractivity contribution in [2.75, 3.05) is 0 Å². The molecule has 19 heavy (non-hydrogen) atoms. The van der Waals surface area contributed by atoms with Gasteiger partial charge in [0.2, 0.25) is 0 Å². The molecule has 0 nitrogen and oxygen atoms in total. The van der Waals surface area contributed by atoms with Gasteiger partial charge in [-0.25, -0.2) is 0 Å². The summed E-state index contributed by atoms with van der Waals surface area (Å²) < 4.78 is 0. The van der Waals surface area contributed by atoms with E-state index in [0.717, 1.165) is 11.8 Å². The lowest BCUT2D eigenvalue weighted by Crippen LogP contribution is -2.28. The molecule has 0 amide bonds. The van der Waals surface area contributed by atoms with Gasteiger partial charge in [-0.1, -0.05) is 55.7 Å². The van der Waals surface area contributed by atoms with Gasteiger partial charge in [0, 0.05) is 0 Å². The summed E-state index contributed by atoms with van der Waals surface area (Å²) in [6, 6.07) is 11.3. The van der Waals surface area contributed by atoms with Crippen LogP contribution in [0.25, 0.3) is 5.57 Å². The summed E-state index contributed by atoms with van der Waals surface area (Å²) in [7, 11) is 0. The SMILES string of the molecule is C[C@@]12CCCCC1=C(c1ccccc1)[C@@H]1CCC[C@@H]12. The summed E-state index contributed by atoms with van der Waals surface area (Å²) in [5.41, 5.74) is 5.69. The topological polar surface area (TPSA) is 0 Å². The molecule has 2 saturated carbocycles. The van der Waals surface area contributed by atoms with Crippen LogP contribution in [0.1, 0.15) is 57.4 Å². The highest BCUT2D eigenvalue weighted by atomic mass is 14.6. The lowest BCUT2D eigenvalue weighted by atomic mass is 9.66. The third-order valence-electron chi connectivity index (χ3n) is 6.18. The van der Waals surface area contributed by atoms with Gasteiger partial charge in [0.05, 0.1) is 0 Å². The highest BCUT2D eigenvalue weighted by Crippen LogP contribution is 2.64. The van der Waals surface area contributed by atoms with E-state index in [2.05, 4.69) is 37.3 Å². The van der Waals surface area contributed by atoms with E-state index in [1.165, 1.54) is 50.5 Å². The second-order valence-electron chi connectivity index (χ2n) is 7.03. The zero-order chi connectivity index (χ0) is 12.9. The molecule has 0 aromatic heterocycles. The Morgan fingerprint density at radius 3 is 2.68 bits per heavy atom. The predicted molar refractivity (Wildman–Crippen MR) is 80.8 cm³/mol. The van der Waals surface area contributed by atoms with E-state index < -0.39 is 0 Å². The first-order valence-corrected chi connectivity index (χ1v) is 8.09. The molecule has 0 heteroatoms. The molecule has 0 heterocycles. The fourth-order valence-corrected chi connectivity index (χ4v) is 5.38. The van der Waals surface area contributed by atoms with Crippen LogP contribution >= 0.6 is 0 Å². The molecule has 4 rings (SSSR count). The van der Waals surface area contributed by atoms with E-state index in [1.807, 2.05) is 5.57 Å². The summed E-state index contributed by atoms with van der Waals surface area (Å²) >= 11 is 0. The molecule has 0 radical (unpaired) electrons. The van der Waals surface area contributed by atoms with Crippen LogP contribution in [0, 0.1) is 17.3 Å². The standard InChI is InChI=1S/C19H24/c1-19-13-6-5-11-17(19)18(14-8-3-2-4-9-14)15-10-7-12-16(15)19/h2-4,8-9,15-16H,5-7,10-13H2,1H3/t15-,16+,19+/m1/s1. The van der Waals surface area contributed by atoms with E-state index in [4.69, 9.17) is 0 Å². The van der Waals surface area contributed by atoms with Crippen molar-refractivity contribution in [1.29, 1.82) is 0 Å². The first-order valence-electron chi connectivity index (χ1n) is 8.09. The molecular formula is C19H24. The van der Waals surface area contributed by atoms with Crippen molar-refractivity contribution in [3.8, 4) is 0 Å². The molecule has 100 valence electrons. The highest BCUT2D eigenvalue weighted by molar-refractivity contribution is 5.75. The van der Waals surface area contributed by atoms with Crippen molar-refractivity contribution in [3.05, 3.63) is 41.5 Å². The van der Waals surface area contributed by atoms with Crippen LogP contribution < -0.4 is 0 Å². The molecule has 0 bridgehead atoms. The average Bonchev–Trinajstić information content (AvgIpc) is 3.00. The maximum atomic E-state index is 2.58. The molecule has 3 aliphatic carbocycles. The van der Waals surface area contributed by atoms with Gasteiger partial charge in [-0.15, -0.1) is 0 Å². The van der Waals surface area contributed by atoms with Crippen LogP contribution in [0.15, 0.2) is 35.9 Å². The van der Waals surface area contributed by atoms with Gasteiger partial charge in [0.15, 0.2) is 0 Å². The Kier molecular flexibility index (Phi) is 2.62. The zero-order valence-corrected chi connectivity index (χ0v) is 12.0. The Bertz CT molecular complexity index is 510. The van der Waals surface area contributed by atoms with Gasteiger partial charge in [-0.05, 0) is 60.5 Å². The van der Waals surface area contributed by atoms with Crippen molar-refractivity contribution >= 4 is 5.57 Å². The first kappa shape index (κ1) is 11.8. The third-order valence-corrected chi connectivity index (χ3v) is 6.18. The number of benzene rings is 1. The summed E-state index contributed by atoms with van der Waals surface area (Å²) in [6.45, 7) is 2.58. The van der Waals surface area contributed by atoms with Crippen molar-refractivity contribution in [2.24, 2.45) is 17.3 Å². The monoisotopic (exact) mass is 252 g/mol. The van der Waals surface area contributed by atoms with E-state index in [9.17, 15) is 0 Å². The Hall–Kier alpha value is -1.04. The van der Waals surface area contributed by atoms with Gasteiger partial charge in [0.25, 0.3) is 0 Å². The molecule has 0 aliphatic heterocycles. The molecule has 0 saturated heterocycles. The number of allylic oxidation sites excluding steroid dienone is 2. The highest BCUT2D eigenvalue weighted by Gasteiger charge is 2.52. The number of hydrogen-bond acceptors (Lipinski definition) is 0. The Labute approximate surface area is 116 Å². The Morgan fingerprint density at radius 1 is 1.00 bits per heavy atom. The van der Waals surface area contributed by atoms with Gasteiger partial charge >= 0.3 is 0 Å². The average molecular weight is 252 g/mol. The molecule has 3 atom stereocenters. The van der Waals surface area contributed by atoms with Crippen LogP contribution in [0.2, 0.25) is 0 Å². The molecule has 3 aliphatic rings. The van der Waals surface area contributed by atoms with Gasteiger partial charge in [0.1, 0.15) is 0 Å². The fraction of sp³-hybridized carbons (Fsp3) is 0.579. The Balaban J connectivity index is 1.88. The van der Waals surface area contributed by atoms with Crippen molar-refractivity contribution < 1.29 is 0 Å². The summed E-state index contributed by atoms with van der Waals surface area (Å²) in [6.07, 6.45) is 10.0. The predicted octanol–water partition coefficient (Wildman–Crippen LogP) is 5.45. The maximum absolute atomic E-state index is 2.58. The second-order valence-corrected chi connectivity index (χ2v) is 7.03. The minimum atomic E-state index is 0.546. The van der Waals surface area contributed by atoms with Crippen molar-refractivity contribution in [1.82, 2.24) is 0 Å². The van der Waals surface area contributed by atoms with Crippen LogP contribution in [-0.4, -0.2) is 0 Å². The van der Waals surface area contributed by atoms with E-state index in [1.54, 1.807) is 5.57 Å². The lowest BCUT2D eigenvalue weighted by Gasteiger charge is -2.38. The molecule has 0 N–H and O–H groups in total. The molecule has 0 spiro atoms. The zero-order valence-electron chi connectivity index (χ0n) is 12.0. The lowest BCUT2D eigenvalue weighted by molar-refractivity contribution is 0.192. The summed E-state index contributed by atoms with van der Waals surface area (Å²) in [4.78, 5) is 0. The normalized spacial score (nSPS) is 37.3. The first-order chi connectivity index (χ1) is 9.31. The smallest absolute Gasteiger partial charge is 0.00762 e. The molecule has 1 aromatic carbocycles. The minimum absolute atomic E-state index is 0.546. The van der Waals surface area contributed by atoms with Crippen molar-refractivity contribution in [3.63, 3.8) is 0 Å². The van der Waals surface area contributed by atoms with Gasteiger partial charge in [-0.2, -0.15) is 0 Å². The quantitative estimate of drug-likeness (QED) is 0.623. The number of rotatable bonds is 1. The molecule has 0 unspecified atom stereocenters. The Morgan fingerprint density at radius 2 is 1.84 bits per heavy atom. The van der Waals surface area contributed by atoms with E-state index >= 15 is 0 Å². The minimum Gasteiger partial charge on any atom is -0.0622 e. The number of hydrogen-bond donors (Lipinski definition) is 0. The van der Waals surface area contributed by atoms with E-state index in [0.29, 0.717) is 5.41 Å².